The molecule has 27 heavy (non-hydrogen) atoms. The lowest BCUT2D eigenvalue weighted by Crippen LogP contribution is -2.31. The van der Waals surface area contributed by atoms with Gasteiger partial charge in [-0.1, -0.05) is 12.1 Å². The molecule has 1 unspecified atom stereocenters. The SMILES string of the molecule is Cl.NCc1nc(C(=O)NCc2cccc(C(=O)NCC3CCCO3)c2)cs1. The standard InChI is InChI=1S/C18H22N4O3S.ClH/c19-8-16-22-15(11-26-16)18(24)20-9-12-3-1-4-13(7-12)17(23)21-10-14-5-2-6-25-14;/h1,3-4,7,11,14H,2,5-6,8-10,19H2,(H,20,24)(H,21,23);1H. The van der Waals surface area contributed by atoms with Gasteiger partial charge in [-0.05, 0) is 30.5 Å². The van der Waals surface area contributed by atoms with E-state index < -0.39 is 0 Å². The molecule has 0 bridgehead atoms. The number of nitrogens with one attached hydrogen (secondary N) is 2. The third-order valence-electron chi connectivity index (χ3n) is 4.12. The Balaban J connectivity index is 0.00000261. The second-order valence-corrected chi connectivity index (χ2v) is 7.00. The van der Waals surface area contributed by atoms with Crippen LogP contribution in [0.3, 0.4) is 0 Å². The molecule has 1 fully saturated rings. The first-order valence-electron chi connectivity index (χ1n) is 8.57. The lowest BCUT2D eigenvalue weighted by Gasteiger charge is -2.11. The maximum atomic E-state index is 12.3. The van der Waals surface area contributed by atoms with Crippen LogP contribution in [0.4, 0.5) is 0 Å². The monoisotopic (exact) mass is 410 g/mol. The molecule has 1 atom stereocenters. The summed E-state index contributed by atoms with van der Waals surface area (Å²) in [6, 6.07) is 7.20. The van der Waals surface area contributed by atoms with E-state index in [0.717, 1.165) is 30.0 Å². The van der Waals surface area contributed by atoms with Crippen LogP contribution in [0.1, 0.15) is 44.3 Å². The summed E-state index contributed by atoms with van der Waals surface area (Å²) in [7, 11) is 0. The van der Waals surface area contributed by atoms with Gasteiger partial charge in [0.2, 0.25) is 0 Å². The van der Waals surface area contributed by atoms with Gasteiger partial charge < -0.3 is 21.1 Å². The highest BCUT2D eigenvalue weighted by Gasteiger charge is 2.17. The molecule has 0 aliphatic carbocycles. The van der Waals surface area contributed by atoms with Crippen molar-refractivity contribution in [3.8, 4) is 0 Å². The van der Waals surface area contributed by atoms with Crippen molar-refractivity contribution in [2.24, 2.45) is 5.73 Å². The van der Waals surface area contributed by atoms with Crippen molar-refractivity contribution in [1.29, 1.82) is 0 Å². The van der Waals surface area contributed by atoms with E-state index in [1.54, 1.807) is 23.6 Å². The Kier molecular flexibility index (Phi) is 8.18. The number of carbonyl (C=O) groups excluding carboxylic acids is 2. The van der Waals surface area contributed by atoms with Crippen molar-refractivity contribution in [1.82, 2.24) is 15.6 Å². The van der Waals surface area contributed by atoms with Crippen LogP contribution in [-0.4, -0.2) is 36.1 Å². The van der Waals surface area contributed by atoms with Gasteiger partial charge in [-0.2, -0.15) is 0 Å². The second-order valence-electron chi connectivity index (χ2n) is 6.06. The van der Waals surface area contributed by atoms with Crippen molar-refractivity contribution in [2.45, 2.75) is 32.0 Å². The normalized spacial score (nSPS) is 15.8. The number of aromatic nitrogens is 1. The fourth-order valence-corrected chi connectivity index (χ4v) is 3.37. The zero-order valence-corrected chi connectivity index (χ0v) is 16.4. The number of nitrogens with zero attached hydrogens (tertiary/aromatic N) is 1. The molecule has 4 N–H and O–H groups in total. The van der Waals surface area contributed by atoms with E-state index in [1.165, 1.54) is 11.3 Å². The molecule has 2 heterocycles. The third kappa shape index (κ3) is 6.00. The zero-order chi connectivity index (χ0) is 18.4. The first-order chi connectivity index (χ1) is 12.7. The number of rotatable bonds is 7. The minimum atomic E-state index is -0.255. The summed E-state index contributed by atoms with van der Waals surface area (Å²) in [6.07, 6.45) is 2.13. The molecule has 0 radical (unpaired) electrons. The third-order valence-corrected chi connectivity index (χ3v) is 4.99. The van der Waals surface area contributed by atoms with Crippen LogP contribution in [-0.2, 0) is 17.8 Å². The average molecular weight is 411 g/mol. The number of amides is 2. The Morgan fingerprint density at radius 2 is 2.15 bits per heavy atom. The van der Waals surface area contributed by atoms with Gasteiger partial charge in [-0.3, -0.25) is 9.59 Å². The van der Waals surface area contributed by atoms with Gasteiger partial charge in [0.25, 0.3) is 11.8 Å². The Morgan fingerprint density at radius 3 is 2.85 bits per heavy atom. The van der Waals surface area contributed by atoms with Gasteiger partial charge in [-0.25, -0.2) is 4.98 Å². The number of carbonyl (C=O) groups is 2. The van der Waals surface area contributed by atoms with Gasteiger partial charge in [0, 0.05) is 37.2 Å². The zero-order valence-electron chi connectivity index (χ0n) is 14.8. The first-order valence-corrected chi connectivity index (χ1v) is 9.45. The molecule has 7 nitrogen and oxygen atoms in total. The number of hydrogen-bond donors (Lipinski definition) is 3. The number of benzene rings is 1. The van der Waals surface area contributed by atoms with Gasteiger partial charge in [-0.15, -0.1) is 23.7 Å². The highest BCUT2D eigenvalue weighted by molar-refractivity contribution is 7.09. The fraction of sp³-hybridized carbons (Fsp3) is 0.389. The van der Waals surface area contributed by atoms with Crippen molar-refractivity contribution >= 4 is 35.6 Å². The summed E-state index contributed by atoms with van der Waals surface area (Å²) in [5, 5.41) is 8.11. The Bertz CT molecular complexity index is 777. The number of halogens is 1. The summed E-state index contributed by atoms with van der Waals surface area (Å²) in [5.41, 5.74) is 7.28. The van der Waals surface area contributed by atoms with Crippen LogP contribution in [0.25, 0.3) is 0 Å². The molecule has 0 spiro atoms. The average Bonchev–Trinajstić information content (AvgIpc) is 3.36. The van der Waals surface area contributed by atoms with Crippen LogP contribution < -0.4 is 16.4 Å². The van der Waals surface area contributed by atoms with E-state index in [9.17, 15) is 9.59 Å². The minimum absolute atomic E-state index is 0. The van der Waals surface area contributed by atoms with Gasteiger partial charge >= 0.3 is 0 Å². The van der Waals surface area contributed by atoms with Crippen LogP contribution >= 0.6 is 23.7 Å². The van der Waals surface area contributed by atoms with E-state index in [0.29, 0.717) is 30.9 Å². The number of ether oxygens (including phenoxy) is 1. The maximum Gasteiger partial charge on any atom is 0.271 e. The van der Waals surface area contributed by atoms with E-state index in [1.807, 2.05) is 6.07 Å². The number of thiazole rings is 1. The quantitative estimate of drug-likeness (QED) is 0.646. The molecule has 1 aliphatic rings. The summed E-state index contributed by atoms with van der Waals surface area (Å²) < 4.78 is 5.50. The Hall–Kier alpha value is -2.00. The van der Waals surface area contributed by atoms with E-state index >= 15 is 0 Å². The van der Waals surface area contributed by atoms with Crippen LogP contribution in [0.5, 0.6) is 0 Å². The van der Waals surface area contributed by atoms with Crippen LogP contribution in [0.15, 0.2) is 29.6 Å². The number of hydrogen-bond acceptors (Lipinski definition) is 6. The van der Waals surface area contributed by atoms with Crippen molar-refractivity contribution in [3.63, 3.8) is 0 Å². The van der Waals surface area contributed by atoms with Gasteiger partial charge in [0.1, 0.15) is 10.7 Å². The molecule has 1 aromatic heterocycles. The molecule has 0 saturated carbocycles. The minimum Gasteiger partial charge on any atom is -0.376 e. The van der Waals surface area contributed by atoms with Crippen molar-refractivity contribution in [3.05, 3.63) is 51.5 Å². The molecular formula is C18H23ClN4O3S. The largest absolute Gasteiger partial charge is 0.376 e. The fourth-order valence-electron chi connectivity index (χ4n) is 2.72. The molecule has 1 aromatic carbocycles. The van der Waals surface area contributed by atoms with E-state index in [4.69, 9.17) is 10.5 Å². The lowest BCUT2D eigenvalue weighted by atomic mass is 10.1. The molecule has 3 rings (SSSR count). The number of nitrogens with two attached hydrogens (primary N) is 1. The molecule has 146 valence electrons. The highest BCUT2D eigenvalue weighted by Crippen LogP contribution is 2.12. The highest BCUT2D eigenvalue weighted by atomic mass is 35.5. The summed E-state index contributed by atoms with van der Waals surface area (Å²) in [6.45, 7) is 1.93. The summed E-state index contributed by atoms with van der Waals surface area (Å²) in [5.74, 6) is -0.394. The van der Waals surface area contributed by atoms with Crippen LogP contribution in [0, 0.1) is 0 Å². The Labute approximate surface area is 168 Å². The van der Waals surface area contributed by atoms with Gasteiger partial charge in [0.15, 0.2) is 0 Å². The Morgan fingerprint density at radius 1 is 1.30 bits per heavy atom. The second kappa shape index (κ2) is 10.4. The maximum absolute atomic E-state index is 12.3. The molecular weight excluding hydrogens is 388 g/mol. The summed E-state index contributed by atoms with van der Waals surface area (Å²) in [4.78, 5) is 28.5. The molecule has 2 amide bonds. The topological polar surface area (TPSA) is 106 Å². The molecule has 1 aliphatic heterocycles. The van der Waals surface area contributed by atoms with Crippen molar-refractivity contribution in [2.75, 3.05) is 13.2 Å². The van der Waals surface area contributed by atoms with Crippen molar-refractivity contribution < 1.29 is 14.3 Å². The smallest absolute Gasteiger partial charge is 0.271 e. The first kappa shape index (κ1) is 21.3. The molecule has 2 aromatic rings. The predicted molar refractivity (Wildman–Crippen MR) is 106 cm³/mol. The van der Waals surface area contributed by atoms with E-state index in [-0.39, 0.29) is 30.3 Å². The van der Waals surface area contributed by atoms with Gasteiger partial charge in [0.05, 0.1) is 6.10 Å². The summed E-state index contributed by atoms with van der Waals surface area (Å²) >= 11 is 1.36. The lowest BCUT2D eigenvalue weighted by molar-refractivity contribution is 0.0857. The van der Waals surface area contributed by atoms with Crippen LogP contribution in [0.2, 0.25) is 0 Å². The van der Waals surface area contributed by atoms with E-state index in [2.05, 4.69) is 15.6 Å². The molecule has 1 saturated heterocycles. The predicted octanol–water partition coefficient (Wildman–Crippen LogP) is 1.86. The molecule has 9 heteroatoms.